The minimum Gasteiger partial charge on any atom is -0.352 e. The molecule has 1 aliphatic heterocycles. The van der Waals surface area contributed by atoms with Crippen LogP contribution in [0.5, 0.6) is 0 Å². The fraction of sp³-hybridized carbons (Fsp3) is 0.348. The van der Waals surface area contributed by atoms with Gasteiger partial charge in [0, 0.05) is 49.4 Å². The SMILES string of the molecule is CN(C)CC(=O)N(C)c1ccc(N2CC(CNC(=O)c3ccccc3)CC2=O)cc1. The first-order valence-corrected chi connectivity index (χ1v) is 10.00. The fourth-order valence-electron chi connectivity index (χ4n) is 3.47. The molecule has 0 radical (unpaired) electrons. The summed E-state index contributed by atoms with van der Waals surface area (Å²) in [7, 11) is 5.45. The molecule has 1 unspecified atom stereocenters. The summed E-state index contributed by atoms with van der Waals surface area (Å²) < 4.78 is 0. The van der Waals surface area contributed by atoms with Crippen LogP contribution >= 0.6 is 0 Å². The van der Waals surface area contributed by atoms with E-state index in [1.54, 1.807) is 29.0 Å². The van der Waals surface area contributed by atoms with Crippen molar-refractivity contribution >= 4 is 29.1 Å². The van der Waals surface area contributed by atoms with Crippen molar-refractivity contribution in [3.05, 3.63) is 60.2 Å². The van der Waals surface area contributed by atoms with E-state index in [-0.39, 0.29) is 23.6 Å². The van der Waals surface area contributed by atoms with Crippen LogP contribution in [-0.2, 0) is 9.59 Å². The van der Waals surface area contributed by atoms with Gasteiger partial charge in [-0.2, -0.15) is 0 Å². The van der Waals surface area contributed by atoms with Gasteiger partial charge in [-0.1, -0.05) is 18.2 Å². The maximum absolute atomic E-state index is 12.5. The van der Waals surface area contributed by atoms with Gasteiger partial charge in [0.15, 0.2) is 0 Å². The van der Waals surface area contributed by atoms with Crippen LogP contribution in [0.15, 0.2) is 54.6 Å². The van der Waals surface area contributed by atoms with Crippen molar-refractivity contribution in [2.45, 2.75) is 6.42 Å². The molecule has 1 heterocycles. The third-order valence-corrected chi connectivity index (χ3v) is 5.17. The lowest BCUT2D eigenvalue weighted by Crippen LogP contribution is -2.35. The van der Waals surface area contributed by atoms with E-state index in [0.29, 0.717) is 31.6 Å². The minimum absolute atomic E-state index is 0.000722. The topological polar surface area (TPSA) is 73.0 Å². The molecule has 7 heteroatoms. The molecule has 1 aliphatic rings. The number of benzene rings is 2. The molecule has 158 valence electrons. The predicted octanol–water partition coefficient (Wildman–Crippen LogP) is 1.99. The van der Waals surface area contributed by atoms with Gasteiger partial charge in [-0.15, -0.1) is 0 Å². The van der Waals surface area contributed by atoms with Gasteiger partial charge in [-0.25, -0.2) is 0 Å². The summed E-state index contributed by atoms with van der Waals surface area (Å²) in [5.41, 5.74) is 2.19. The Labute approximate surface area is 177 Å². The van der Waals surface area contributed by atoms with Gasteiger partial charge < -0.3 is 20.0 Å². The van der Waals surface area contributed by atoms with E-state index < -0.39 is 0 Å². The molecule has 7 nitrogen and oxygen atoms in total. The van der Waals surface area contributed by atoms with Crippen LogP contribution in [0.4, 0.5) is 11.4 Å². The van der Waals surface area contributed by atoms with Crippen LogP contribution in [0.25, 0.3) is 0 Å². The Kier molecular flexibility index (Phi) is 6.84. The number of nitrogens with one attached hydrogen (secondary N) is 1. The van der Waals surface area contributed by atoms with Gasteiger partial charge >= 0.3 is 0 Å². The zero-order valence-electron chi connectivity index (χ0n) is 17.7. The van der Waals surface area contributed by atoms with E-state index in [1.165, 1.54) is 0 Å². The molecule has 2 aromatic rings. The van der Waals surface area contributed by atoms with Crippen molar-refractivity contribution in [2.24, 2.45) is 5.92 Å². The Morgan fingerprint density at radius 2 is 1.70 bits per heavy atom. The first kappa shape index (κ1) is 21.5. The molecule has 0 aromatic heterocycles. The quantitative estimate of drug-likeness (QED) is 0.761. The Morgan fingerprint density at radius 3 is 2.33 bits per heavy atom. The Hall–Kier alpha value is -3.19. The van der Waals surface area contributed by atoms with Gasteiger partial charge in [0.25, 0.3) is 5.91 Å². The Balaban J connectivity index is 1.57. The number of nitrogens with zero attached hydrogens (tertiary/aromatic N) is 3. The first-order valence-electron chi connectivity index (χ1n) is 10.00. The lowest BCUT2D eigenvalue weighted by molar-refractivity contribution is -0.119. The van der Waals surface area contributed by atoms with E-state index in [4.69, 9.17) is 0 Å². The third-order valence-electron chi connectivity index (χ3n) is 5.17. The van der Waals surface area contributed by atoms with E-state index in [2.05, 4.69) is 5.32 Å². The van der Waals surface area contributed by atoms with E-state index >= 15 is 0 Å². The summed E-state index contributed by atoms with van der Waals surface area (Å²) >= 11 is 0. The average Bonchev–Trinajstić information content (AvgIpc) is 3.12. The summed E-state index contributed by atoms with van der Waals surface area (Å²) in [5.74, 6) is -0.0246. The lowest BCUT2D eigenvalue weighted by atomic mass is 10.1. The second kappa shape index (κ2) is 9.54. The van der Waals surface area contributed by atoms with Crippen molar-refractivity contribution in [1.82, 2.24) is 10.2 Å². The molecule has 1 saturated heterocycles. The monoisotopic (exact) mass is 408 g/mol. The molecule has 0 aliphatic carbocycles. The summed E-state index contributed by atoms with van der Waals surface area (Å²) in [4.78, 5) is 42.1. The van der Waals surface area contributed by atoms with E-state index in [1.807, 2.05) is 61.5 Å². The fourth-order valence-corrected chi connectivity index (χ4v) is 3.47. The van der Waals surface area contributed by atoms with Gasteiger partial charge in [-0.3, -0.25) is 14.4 Å². The van der Waals surface area contributed by atoms with Crippen molar-refractivity contribution in [2.75, 3.05) is 50.6 Å². The molecule has 30 heavy (non-hydrogen) atoms. The summed E-state index contributed by atoms with van der Waals surface area (Å²) in [5, 5.41) is 2.92. The van der Waals surface area contributed by atoms with E-state index in [9.17, 15) is 14.4 Å². The van der Waals surface area contributed by atoms with Crippen molar-refractivity contribution in [3.63, 3.8) is 0 Å². The van der Waals surface area contributed by atoms with Gasteiger partial charge in [0.05, 0.1) is 6.54 Å². The normalized spacial score (nSPS) is 16.1. The molecule has 0 saturated carbocycles. The van der Waals surface area contributed by atoms with Crippen molar-refractivity contribution < 1.29 is 14.4 Å². The molecular formula is C23H28N4O3. The van der Waals surface area contributed by atoms with Crippen molar-refractivity contribution in [1.29, 1.82) is 0 Å². The summed E-state index contributed by atoms with van der Waals surface area (Å²) in [6.45, 7) is 1.34. The first-order chi connectivity index (χ1) is 14.3. The van der Waals surface area contributed by atoms with Crippen LogP contribution in [-0.4, -0.2) is 63.4 Å². The number of hydrogen-bond acceptors (Lipinski definition) is 4. The standard InChI is InChI=1S/C23H28N4O3/c1-25(2)16-22(29)26(3)19-9-11-20(12-10-19)27-15-17(13-21(27)28)14-24-23(30)18-7-5-4-6-8-18/h4-12,17H,13-16H2,1-3H3,(H,24,30). The highest BCUT2D eigenvalue weighted by Gasteiger charge is 2.31. The molecule has 2 aromatic carbocycles. The molecular weight excluding hydrogens is 380 g/mol. The predicted molar refractivity (Wildman–Crippen MR) is 118 cm³/mol. The van der Waals surface area contributed by atoms with Crippen LogP contribution in [0.2, 0.25) is 0 Å². The maximum atomic E-state index is 12.5. The average molecular weight is 409 g/mol. The number of rotatable bonds is 7. The molecule has 0 bridgehead atoms. The molecule has 1 atom stereocenters. The Bertz CT molecular complexity index is 896. The lowest BCUT2D eigenvalue weighted by Gasteiger charge is -2.21. The van der Waals surface area contributed by atoms with Crippen LogP contribution in [0.3, 0.4) is 0 Å². The van der Waals surface area contributed by atoms with Crippen LogP contribution in [0.1, 0.15) is 16.8 Å². The molecule has 1 fully saturated rings. The highest BCUT2D eigenvalue weighted by atomic mass is 16.2. The number of anilines is 2. The molecule has 3 rings (SSSR count). The second-order valence-electron chi connectivity index (χ2n) is 7.86. The smallest absolute Gasteiger partial charge is 0.251 e. The maximum Gasteiger partial charge on any atom is 0.251 e. The summed E-state index contributed by atoms with van der Waals surface area (Å²) in [6.07, 6.45) is 0.401. The molecule has 3 amide bonds. The zero-order chi connectivity index (χ0) is 21.7. The van der Waals surface area contributed by atoms with Crippen LogP contribution in [0, 0.1) is 5.92 Å². The molecule has 1 N–H and O–H groups in total. The highest BCUT2D eigenvalue weighted by molar-refractivity contribution is 5.97. The largest absolute Gasteiger partial charge is 0.352 e. The van der Waals surface area contributed by atoms with Crippen molar-refractivity contribution in [3.8, 4) is 0 Å². The Morgan fingerprint density at radius 1 is 1.03 bits per heavy atom. The summed E-state index contributed by atoms with van der Waals surface area (Å²) in [6, 6.07) is 16.5. The number of hydrogen-bond donors (Lipinski definition) is 1. The van der Waals surface area contributed by atoms with Gasteiger partial charge in [0.2, 0.25) is 11.8 Å². The number of likely N-dealkylation sites (N-methyl/N-ethyl adjacent to an activating group) is 2. The van der Waals surface area contributed by atoms with Gasteiger partial charge in [-0.05, 0) is 50.5 Å². The third kappa shape index (κ3) is 5.24. The zero-order valence-corrected chi connectivity index (χ0v) is 17.7. The molecule has 0 spiro atoms. The minimum atomic E-state index is -0.128. The van der Waals surface area contributed by atoms with Crippen LogP contribution < -0.4 is 15.1 Å². The van der Waals surface area contributed by atoms with E-state index in [0.717, 1.165) is 11.4 Å². The second-order valence-corrected chi connectivity index (χ2v) is 7.86. The number of carbonyl (C=O) groups is 3. The number of carbonyl (C=O) groups excluding carboxylic acids is 3. The van der Waals surface area contributed by atoms with Gasteiger partial charge in [0.1, 0.15) is 0 Å². The number of amides is 3. The highest BCUT2D eigenvalue weighted by Crippen LogP contribution is 2.27.